The van der Waals surface area contributed by atoms with Gasteiger partial charge in [-0.2, -0.15) is 4.39 Å². The van der Waals surface area contributed by atoms with Crippen molar-refractivity contribution >= 4 is 5.97 Å². The Bertz CT molecular complexity index is 487. The van der Waals surface area contributed by atoms with Gasteiger partial charge in [-0.25, -0.2) is 4.39 Å². The van der Waals surface area contributed by atoms with Gasteiger partial charge in [-0.3, -0.25) is 4.79 Å². The van der Waals surface area contributed by atoms with Crippen LogP contribution in [-0.4, -0.2) is 20.2 Å². The fourth-order valence-electron chi connectivity index (χ4n) is 1.07. The molecule has 0 saturated heterocycles. The number of methoxy groups -OCH3 is 2. The molecule has 0 atom stereocenters. The normalized spacial score (nSPS) is 9.18. The van der Waals surface area contributed by atoms with E-state index in [9.17, 15) is 13.6 Å². The summed E-state index contributed by atoms with van der Waals surface area (Å²) in [5.74, 6) is 1.81. The first-order valence-corrected chi connectivity index (χ1v) is 4.67. The molecule has 0 spiro atoms. The van der Waals surface area contributed by atoms with Crippen LogP contribution < -0.4 is 4.74 Å². The predicted octanol–water partition coefficient (Wildman–Crippen LogP) is 1.89. The van der Waals surface area contributed by atoms with Crippen LogP contribution in [-0.2, 0) is 9.53 Å². The third kappa shape index (κ3) is 3.18. The summed E-state index contributed by atoms with van der Waals surface area (Å²) in [6, 6.07) is 2.54. The lowest BCUT2D eigenvalue weighted by Crippen LogP contribution is -1.98. The van der Waals surface area contributed by atoms with Crippen molar-refractivity contribution in [1.82, 2.24) is 0 Å². The van der Waals surface area contributed by atoms with E-state index in [0.29, 0.717) is 0 Å². The van der Waals surface area contributed by atoms with Crippen molar-refractivity contribution < 1.29 is 23.0 Å². The minimum atomic E-state index is -1.10. The maximum Gasteiger partial charge on any atom is 0.317 e. The van der Waals surface area contributed by atoms with E-state index >= 15 is 0 Å². The van der Waals surface area contributed by atoms with E-state index in [1.807, 2.05) is 0 Å². The second kappa shape index (κ2) is 5.85. The van der Waals surface area contributed by atoms with Crippen LogP contribution in [0, 0.1) is 23.5 Å². The molecule has 1 aromatic carbocycles. The Morgan fingerprint density at radius 1 is 1.29 bits per heavy atom. The predicted molar refractivity (Wildman–Crippen MR) is 56.4 cm³/mol. The Hall–Kier alpha value is -2.09. The molecule has 0 aliphatic carbocycles. The van der Waals surface area contributed by atoms with E-state index in [2.05, 4.69) is 21.3 Å². The average Bonchev–Trinajstić information content (AvgIpc) is 2.34. The Morgan fingerprint density at radius 2 is 2.00 bits per heavy atom. The zero-order chi connectivity index (χ0) is 12.8. The van der Waals surface area contributed by atoms with Crippen molar-refractivity contribution in [2.24, 2.45) is 0 Å². The molecular formula is C12H10F2O3. The van der Waals surface area contributed by atoms with Gasteiger partial charge in [-0.05, 0) is 12.1 Å². The summed E-state index contributed by atoms with van der Waals surface area (Å²) >= 11 is 0. The van der Waals surface area contributed by atoms with Gasteiger partial charge in [0.1, 0.15) is 6.42 Å². The molecule has 90 valence electrons. The Kier molecular flexibility index (Phi) is 4.46. The molecule has 1 rings (SSSR count). The Morgan fingerprint density at radius 3 is 2.59 bits per heavy atom. The molecule has 5 heteroatoms. The number of hydrogen-bond acceptors (Lipinski definition) is 3. The molecule has 17 heavy (non-hydrogen) atoms. The number of halogens is 2. The van der Waals surface area contributed by atoms with E-state index in [-0.39, 0.29) is 17.7 Å². The fourth-order valence-corrected chi connectivity index (χ4v) is 1.07. The van der Waals surface area contributed by atoms with Crippen molar-refractivity contribution in [2.75, 3.05) is 14.2 Å². The standard InChI is InChI=1S/C12H10F2O3/c1-16-9-7-6-8(11(13)12(9)14)4-3-5-10(15)17-2/h6-7H,5H2,1-2H3. The summed E-state index contributed by atoms with van der Waals surface area (Å²) in [4.78, 5) is 10.7. The second-order valence-corrected chi connectivity index (χ2v) is 3.00. The van der Waals surface area contributed by atoms with Gasteiger partial charge in [-0.1, -0.05) is 11.8 Å². The lowest BCUT2D eigenvalue weighted by Gasteiger charge is -2.02. The zero-order valence-electron chi connectivity index (χ0n) is 9.34. The summed E-state index contributed by atoms with van der Waals surface area (Å²) in [6.07, 6.45) is -0.177. The number of carbonyl (C=O) groups is 1. The van der Waals surface area contributed by atoms with Gasteiger partial charge in [0.05, 0.1) is 19.8 Å². The van der Waals surface area contributed by atoms with E-state index < -0.39 is 17.6 Å². The fraction of sp³-hybridized carbons (Fsp3) is 0.250. The molecule has 1 aromatic rings. The van der Waals surface area contributed by atoms with Crippen LogP contribution in [0.15, 0.2) is 12.1 Å². The number of esters is 1. The van der Waals surface area contributed by atoms with Crippen molar-refractivity contribution in [2.45, 2.75) is 6.42 Å². The highest BCUT2D eigenvalue weighted by Gasteiger charge is 2.12. The Balaban J connectivity index is 2.93. The van der Waals surface area contributed by atoms with Gasteiger partial charge in [0.15, 0.2) is 11.6 Å². The SMILES string of the molecule is COC(=O)CC#Cc1ccc(OC)c(F)c1F. The molecule has 0 amide bonds. The van der Waals surface area contributed by atoms with Crippen LogP contribution in [0.3, 0.4) is 0 Å². The molecule has 0 unspecified atom stereocenters. The van der Waals surface area contributed by atoms with E-state index in [1.54, 1.807) is 0 Å². The monoisotopic (exact) mass is 240 g/mol. The number of carbonyl (C=O) groups excluding carboxylic acids is 1. The van der Waals surface area contributed by atoms with Crippen molar-refractivity contribution in [3.05, 3.63) is 29.3 Å². The van der Waals surface area contributed by atoms with Gasteiger partial charge in [0.25, 0.3) is 0 Å². The highest BCUT2D eigenvalue weighted by Crippen LogP contribution is 2.21. The van der Waals surface area contributed by atoms with Crippen LogP contribution in [0.1, 0.15) is 12.0 Å². The molecule has 0 bridgehead atoms. The molecule has 0 radical (unpaired) electrons. The summed E-state index contributed by atoms with van der Waals surface area (Å²) in [5.41, 5.74) is -0.132. The summed E-state index contributed by atoms with van der Waals surface area (Å²) in [5, 5.41) is 0. The molecule has 3 nitrogen and oxygen atoms in total. The lowest BCUT2D eigenvalue weighted by atomic mass is 10.2. The van der Waals surface area contributed by atoms with Crippen LogP contribution in [0.2, 0.25) is 0 Å². The molecule has 0 heterocycles. The molecular weight excluding hydrogens is 230 g/mol. The number of hydrogen-bond donors (Lipinski definition) is 0. The maximum atomic E-state index is 13.4. The van der Waals surface area contributed by atoms with Gasteiger partial charge in [0.2, 0.25) is 5.82 Å². The first-order valence-electron chi connectivity index (χ1n) is 4.67. The van der Waals surface area contributed by atoms with Gasteiger partial charge >= 0.3 is 5.97 Å². The summed E-state index contributed by atoms with van der Waals surface area (Å²) in [7, 11) is 2.46. The highest BCUT2D eigenvalue weighted by molar-refractivity contribution is 5.72. The van der Waals surface area contributed by atoms with E-state index in [1.165, 1.54) is 26.4 Å². The highest BCUT2D eigenvalue weighted by atomic mass is 19.2. The van der Waals surface area contributed by atoms with Crippen molar-refractivity contribution in [3.63, 3.8) is 0 Å². The van der Waals surface area contributed by atoms with Gasteiger partial charge < -0.3 is 9.47 Å². The van der Waals surface area contributed by atoms with Gasteiger partial charge in [-0.15, -0.1) is 0 Å². The lowest BCUT2D eigenvalue weighted by molar-refractivity contribution is -0.139. The van der Waals surface area contributed by atoms with Gasteiger partial charge in [0, 0.05) is 0 Å². The number of benzene rings is 1. The maximum absolute atomic E-state index is 13.4. The third-order valence-electron chi connectivity index (χ3n) is 1.95. The molecule has 0 aliphatic heterocycles. The van der Waals surface area contributed by atoms with E-state index in [4.69, 9.17) is 0 Å². The summed E-state index contributed by atoms with van der Waals surface area (Å²) < 4.78 is 35.6. The van der Waals surface area contributed by atoms with Crippen LogP contribution in [0.25, 0.3) is 0 Å². The van der Waals surface area contributed by atoms with Crippen molar-refractivity contribution in [3.8, 4) is 17.6 Å². The zero-order valence-corrected chi connectivity index (χ0v) is 9.34. The number of rotatable bonds is 2. The molecule has 0 aliphatic rings. The molecule has 0 N–H and O–H groups in total. The second-order valence-electron chi connectivity index (χ2n) is 3.00. The van der Waals surface area contributed by atoms with Crippen LogP contribution in [0.4, 0.5) is 8.78 Å². The molecule has 0 saturated carbocycles. The summed E-state index contributed by atoms with van der Waals surface area (Å²) in [6.45, 7) is 0. The minimum Gasteiger partial charge on any atom is -0.494 e. The van der Waals surface area contributed by atoms with Crippen molar-refractivity contribution in [1.29, 1.82) is 0 Å². The molecule has 0 fully saturated rings. The smallest absolute Gasteiger partial charge is 0.317 e. The average molecular weight is 240 g/mol. The first-order chi connectivity index (χ1) is 8.10. The third-order valence-corrected chi connectivity index (χ3v) is 1.95. The number of ether oxygens (including phenoxy) is 2. The largest absolute Gasteiger partial charge is 0.494 e. The Labute approximate surface area is 97.3 Å². The van der Waals surface area contributed by atoms with Crippen LogP contribution >= 0.6 is 0 Å². The topological polar surface area (TPSA) is 35.5 Å². The minimum absolute atomic E-state index is 0.132. The molecule has 0 aromatic heterocycles. The van der Waals surface area contributed by atoms with Crippen LogP contribution in [0.5, 0.6) is 5.75 Å². The quantitative estimate of drug-likeness (QED) is 0.585. The van der Waals surface area contributed by atoms with E-state index in [0.717, 1.165) is 0 Å². The first kappa shape index (κ1) is 13.0.